The zero-order valence-electron chi connectivity index (χ0n) is 20.2. The van der Waals surface area contributed by atoms with E-state index in [2.05, 4.69) is 10.6 Å². The Kier molecular flexibility index (Phi) is 6.81. The molecule has 2 amide bonds. The first kappa shape index (κ1) is 24.0. The third kappa shape index (κ3) is 5.43. The molecule has 0 bridgehead atoms. The van der Waals surface area contributed by atoms with Crippen molar-refractivity contribution in [1.82, 2.24) is 4.98 Å². The van der Waals surface area contributed by atoms with Crippen LogP contribution in [-0.2, 0) is 20.7 Å². The Bertz CT molecular complexity index is 1500. The van der Waals surface area contributed by atoms with E-state index < -0.39 is 18.5 Å². The molecule has 5 rings (SSSR count). The number of ether oxygens (including phenoxy) is 1. The number of anilines is 2. The van der Waals surface area contributed by atoms with Crippen molar-refractivity contribution in [2.45, 2.75) is 26.2 Å². The third-order valence-electron chi connectivity index (χ3n) is 6.06. The molecule has 0 atom stereocenters. The van der Waals surface area contributed by atoms with Gasteiger partial charge in [0.15, 0.2) is 6.61 Å². The monoisotopic (exact) mass is 495 g/mol. The smallest absolute Gasteiger partial charge is 0.339 e. The first-order valence-corrected chi connectivity index (χ1v) is 12.0. The molecule has 1 aliphatic rings. The number of benzene rings is 2. The number of hydrogen-bond donors (Lipinski definition) is 2. The summed E-state index contributed by atoms with van der Waals surface area (Å²) in [5.41, 5.74) is 4.85. The molecule has 2 heterocycles. The summed E-state index contributed by atoms with van der Waals surface area (Å²) in [5.74, 6) is -0.488. The predicted molar refractivity (Wildman–Crippen MR) is 141 cm³/mol. The highest BCUT2D eigenvalue weighted by Crippen LogP contribution is 2.36. The van der Waals surface area contributed by atoms with Gasteiger partial charge in [-0.05, 0) is 78.9 Å². The standard InChI is InChI=1S/C29H25N3O5/c1-18(33)30-20-11-13-21(14-12-20)31-26(34)17-37-29(35)27-23-8-2-3-10-25(23)32-28-19(6-4-9-24(27)28)16-22-7-5-15-36-22/h2-3,5,7-8,10-16H,4,6,9,17H2,1H3,(H,30,33)(H,31,34)/b19-16-. The largest absolute Gasteiger partial charge is 0.465 e. The summed E-state index contributed by atoms with van der Waals surface area (Å²) in [6.07, 6.45) is 5.93. The van der Waals surface area contributed by atoms with Crippen molar-refractivity contribution in [2.24, 2.45) is 0 Å². The van der Waals surface area contributed by atoms with Crippen molar-refractivity contribution in [3.8, 4) is 0 Å². The number of fused-ring (bicyclic) bond motifs is 2. The summed E-state index contributed by atoms with van der Waals surface area (Å²) in [4.78, 5) is 41.9. The number of nitrogens with zero attached hydrogens (tertiary/aromatic N) is 1. The lowest BCUT2D eigenvalue weighted by Crippen LogP contribution is -2.22. The topological polar surface area (TPSA) is 111 Å². The van der Waals surface area contributed by atoms with Gasteiger partial charge in [-0.25, -0.2) is 9.78 Å². The van der Waals surface area contributed by atoms with E-state index in [0.29, 0.717) is 34.3 Å². The quantitative estimate of drug-likeness (QED) is 0.344. The number of amides is 2. The number of carbonyl (C=O) groups is 3. The Morgan fingerprint density at radius 1 is 0.973 bits per heavy atom. The number of nitrogens with one attached hydrogen (secondary N) is 2. The number of allylic oxidation sites excluding steroid dienone is 1. The number of rotatable bonds is 6. The molecule has 0 spiro atoms. The van der Waals surface area contributed by atoms with E-state index in [1.165, 1.54) is 6.92 Å². The molecule has 4 aromatic rings. The van der Waals surface area contributed by atoms with E-state index in [1.54, 1.807) is 30.5 Å². The molecule has 0 radical (unpaired) electrons. The van der Waals surface area contributed by atoms with Crippen molar-refractivity contribution in [1.29, 1.82) is 0 Å². The lowest BCUT2D eigenvalue weighted by Gasteiger charge is -2.22. The predicted octanol–water partition coefficient (Wildman–Crippen LogP) is 5.46. The molecule has 8 heteroatoms. The summed E-state index contributed by atoms with van der Waals surface area (Å²) in [6.45, 7) is 0.982. The first-order valence-electron chi connectivity index (χ1n) is 12.0. The second-order valence-corrected chi connectivity index (χ2v) is 8.75. The molecule has 186 valence electrons. The van der Waals surface area contributed by atoms with E-state index >= 15 is 0 Å². The normalized spacial score (nSPS) is 13.7. The van der Waals surface area contributed by atoms with Crippen LogP contribution < -0.4 is 10.6 Å². The molecule has 1 aliphatic carbocycles. The molecular formula is C29H25N3O5. The Balaban J connectivity index is 1.37. The Morgan fingerprint density at radius 2 is 1.73 bits per heavy atom. The van der Waals surface area contributed by atoms with Gasteiger partial charge in [-0.3, -0.25) is 9.59 Å². The summed E-state index contributed by atoms with van der Waals surface area (Å²) < 4.78 is 11.0. The average molecular weight is 496 g/mol. The maximum absolute atomic E-state index is 13.4. The van der Waals surface area contributed by atoms with Gasteiger partial charge in [0, 0.05) is 23.7 Å². The van der Waals surface area contributed by atoms with Crippen LogP contribution in [0.15, 0.2) is 71.3 Å². The number of para-hydroxylation sites is 1. The van der Waals surface area contributed by atoms with Crippen molar-refractivity contribution in [3.05, 3.63) is 89.5 Å². The van der Waals surface area contributed by atoms with Crippen LogP contribution >= 0.6 is 0 Å². The molecule has 0 unspecified atom stereocenters. The molecular weight excluding hydrogens is 470 g/mol. The highest BCUT2D eigenvalue weighted by Gasteiger charge is 2.26. The van der Waals surface area contributed by atoms with Crippen molar-refractivity contribution in [3.63, 3.8) is 0 Å². The zero-order chi connectivity index (χ0) is 25.8. The third-order valence-corrected chi connectivity index (χ3v) is 6.06. The van der Waals surface area contributed by atoms with E-state index in [-0.39, 0.29) is 5.91 Å². The summed E-state index contributed by atoms with van der Waals surface area (Å²) in [6, 6.07) is 17.8. The van der Waals surface area contributed by atoms with Gasteiger partial charge in [0.1, 0.15) is 5.76 Å². The number of esters is 1. The minimum Gasteiger partial charge on any atom is -0.465 e. The molecule has 0 fully saturated rings. The van der Waals surface area contributed by atoms with E-state index in [4.69, 9.17) is 14.1 Å². The Hall–Kier alpha value is -4.72. The van der Waals surface area contributed by atoms with Gasteiger partial charge in [0.25, 0.3) is 5.91 Å². The van der Waals surface area contributed by atoms with Crippen molar-refractivity contribution >= 4 is 51.7 Å². The molecule has 2 aromatic heterocycles. The SMILES string of the molecule is CC(=O)Nc1ccc(NC(=O)COC(=O)c2c3c(nc4ccccc24)/C(=C\c2ccco2)CCC3)cc1. The number of furan rings is 1. The number of carbonyl (C=O) groups excluding carboxylic acids is 3. The molecule has 8 nitrogen and oxygen atoms in total. The molecule has 37 heavy (non-hydrogen) atoms. The Morgan fingerprint density at radius 3 is 2.46 bits per heavy atom. The zero-order valence-corrected chi connectivity index (χ0v) is 20.2. The van der Waals surface area contributed by atoms with Gasteiger partial charge in [-0.1, -0.05) is 18.2 Å². The van der Waals surface area contributed by atoms with Crippen LogP contribution in [0.1, 0.15) is 47.1 Å². The molecule has 0 aliphatic heterocycles. The van der Waals surface area contributed by atoms with Gasteiger partial charge in [0.2, 0.25) is 5.91 Å². The van der Waals surface area contributed by atoms with E-state index in [1.807, 2.05) is 42.5 Å². The second-order valence-electron chi connectivity index (χ2n) is 8.75. The lowest BCUT2D eigenvalue weighted by atomic mass is 9.86. The fourth-order valence-corrected chi connectivity index (χ4v) is 4.49. The maximum Gasteiger partial charge on any atom is 0.339 e. The summed E-state index contributed by atoms with van der Waals surface area (Å²) in [7, 11) is 0. The minimum absolute atomic E-state index is 0.182. The highest BCUT2D eigenvalue weighted by molar-refractivity contribution is 6.07. The fraction of sp³-hybridized carbons (Fsp3) is 0.172. The van der Waals surface area contributed by atoms with Crippen molar-refractivity contribution < 1.29 is 23.5 Å². The van der Waals surface area contributed by atoms with Crippen LogP contribution in [0, 0.1) is 0 Å². The van der Waals surface area contributed by atoms with Crippen LogP contribution in [0.3, 0.4) is 0 Å². The van der Waals surface area contributed by atoms with Crippen molar-refractivity contribution in [2.75, 3.05) is 17.2 Å². The van der Waals surface area contributed by atoms with Gasteiger partial charge in [-0.2, -0.15) is 0 Å². The highest BCUT2D eigenvalue weighted by atomic mass is 16.5. The molecule has 0 saturated heterocycles. The van der Waals surface area contributed by atoms with E-state index in [0.717, 1.165) is 35.4 Å². The van der Waals surface area contributed by atoms with Gasteiger partial charge in [0.05, 0.1) is 23.0 Å². The number of aromatic nitrogens is 1. The van der Waals surface area contributed by atoms with Crippen LogP contribution in [0.5, 0.6) is 0 Å². The van der Waals surface area contributed by atoms with E-state index in [9.17, 15) is 14.4 Å². The van der Waals surface area contributed by atoms with Crippen LogP contribution in [0.2, 0.25) is 0 Å². The second kappa shape index (κ2) is 10.5. The van der Waals surface area contributed by atoms with Gasteiger partial charge >= 0.3 is 5.97 Å². The minimum atomic E-state index is -0.565. The van der Waals surface area contributed by atoms with Gasteiger partial charge < -0.3 is 19.8 Å². The molecule has 0 saturated carbocycles. The fourth-order valence-electron chi connectivity index (χ4n) is 4.49. The molecule has 2 N–H and O–H groups in total. The summed E-state index contributed by atoms with van der Waals surface area (Å²) in [5, 5.41) is 6.06. The Labute approximate surface area is 213 Å². The van der Waals surface area contributed by atoms with Gasteiger partial charge in [-0.15, -0.1) is 0 Å². The lowest BCUT2D eigenvalue weighted by molar-refractivity contribution is -0.119. The number of hydrogen-bond acceptors (Lipinski definition) is 6. The maximum atomic E-state index is 13.4. The van der Waals surface area contributed by atoms with Crippen LogP contribution in [-0.4, -0.2) is 29.4 Å². The van der Waals surface area contributed by atoms with Crippen LogP contribution in [0.25, 0.3) is 22.6 Å². The number of pyridine rings is 1. The first-order chi connectivity index (χ1) is 18.0. The average Bonchev–Trinajstić information content (AvgIpc) is 3.40. The molecule has 2 aromatic carbocycles. The summed E-state index contributed by atoms with van der Waals surface area (Å²) >= 11 is 0. The van der Waals surface area contributed by atoms with Crippen LogP contribution in [0.4, 0.5) is 11.4 Å².